The first-order valence-corrected chi connectivity index (χ1v) is 14.2. The zero-order valence-electron chi connectivity index (χ0n) is 23.4. The third-order valence-electron chi connectivity index (χ3n) is 7.24. The summed E-state index contributed by atoms with van der Waals surface area (Å²) in [6, 6.07) is 8.40. The number of aromatic nitrogens is 1. The molecule has 10 nitrogen and oxygen atoms in total. The van der Waals surface area contributed by atoms with E-state index in [-0.39, 0.29) is 11.5 Å². The van der Waals surface area contributed by atoms with Gasteiger partial charge in [-0.15, -0.1) is 0 Å². The molecule has 1 fully saturated rings. The summed E-state index contributed by atoms with van der Waals surface area (Å²) in [6.45, 7) is 9.54. The predicted molar refractivity (Wildman–Crippen MR) is 153 cm³/mol. The first kappa shape index (κ1) is 27.7. The minimum absolute atomic E-state index is 0.170. The van der Waals surface area contributed by atoms with E-state index in [1.165, 1.54) is 11.3 Å². The lowest BCUT2D eigenvalue weighted by Crippen LogP contribution is -2.43. The number of hydrogen-bond acceptors (Lipinski definition) is 9. The molecule has 2 aromatic heterocycles. The average molecular weight is 567 g/mol. The molecule has 212 valence electrons. The molecule has 2 aliphatic heterocycles. The minimum Gasteiger partial charge on any atom is -0.497 e. The van der Waals surface area contributed by atoms with Crippen LogP contribution in [0.2, 0.25) is 0 Å². The Labute approximate surface area is 236 Å². The zero-order chi connectivity index (χ0) is 28.4. The minimum atomic E-state index is -0.753. The van der Waals surface area contributed by atoms with Crippen LogP contribution in [0.1, 0.15) is 38.1 Å². The summed E-state index contributed by atoms with van der Waals surface area (Å²) in [5.74, 6) is 2.27. The van der Waals surface area contributed by atoms with Crippen LogP contribution in [0.25, 0.3) is 6.08 Å². The van der Waals surface area contributed by atoms with Gasteiger partial charge in [-0.3, -0.25) is 14.2 Å². The van der Waals surface area contributed by atoms with Gasteiger partial charge in [-0.05, 0) is 45.0 Å². The lowest BCUT2D eigenvalue weighted by atomic mass is 9.93. The number of allylic oxidation sites excluding steroid dienone is 1. The lowest BCUT2D eigenvalue weighted by Gasteiger charge is -2.30. The Kier molecular flexibility index (Phi) is 8.13. The van der Waals surface area contributed by atoms with Gasteiger partial charge in [-0.2, -0.15) is 0 Å². The highest BCUT2D eigenvalue weighted by Gasteiger charge is 2.36. The Morgan fingerprint density at radius 2 is 1.90 bits per heavy atom. The van der Waals surface area contributed by atoms with Gasteiger partial charge in [0.05, 0.1) is 43.2 Å². The van der Waals surface area contributed by atoms with Crippen molar-refractivity contribution >= 4 is 29.2 Å². The van der Waals surface area contributed by atoms with Crippen LogP contribution in [0.15, 0.2) is 55.8 Å². The Bertz CT molecular complexity index is 1610. The van der Waals surface area contributed by atoms with Crippen LogP contribution < -0.4 is 29.3 Å². The van der Waals surface area contributed by atoms with E-state index in [0.29, 0.717) is 69.7 Å². The monoisotopic (exact) mass is 566 g/mol. The number of nitrogens with zero attached hydrogens (tertiary/aromatic N) is 4. The maximum absolute atomic E-state index is 14.0. The second kappa shape index (κ2) is 11.7. The number of methoxy groups -OCH3 is 2. The molecule has 0 saturated carbocycles. The SMILES string of the molecule is CCN(CC)C(=O)C1=C(C)N=c2s/c(=C/c3ccc(N4CCOCC4)o3)c(=O)n2C1c1cc(OC)ccc1OC. The van der Waals surface area contributed by atoms with E-state index in [9.17, 15) is 9.59 Å². The van der Waals surface area contributed by atoms with E-state index < -0.39 is 6.04 Å². The number of amides is 1. The van der Waals surface area contributed by atoms with Crippen molar-refractivity contribution in [3.05, 3.63) is 72.6 Å². The van der Waals surface area contributed by atoms with Crippen LogP contribution in [0.4, 0.5) is 5.88 Å². The number of rotatable bonds is 8. The van der Waals surface area contributed by atoms with Crippen LogP contribution in [-0.4, -0.2) is 69.0 Å². The molecule has 11 heteroatoms. The van der Waals surface area contributed by atoms with Gasteiger partial charge in [0, 0.05) is 43.9 Å². The van der Waals surface area contributed by atoms with Crippen molar-refractivity contribution in [3.63, 3.8) is 0 Å². The van der Waals surface area contributed by atoms with E-state index in [2.05, 4.69) is 4.90 Å². The molecular weight excluding hydrogens is 532 g/mol. The van der Waals surface area contributed by atoms with E-state index in [1.807, 2.05) is 39.0 Å². The van der Waals surface area contributed by atoms with Crippen molar-refractivity contribution < 1.29 is 23.4 Å². The van der Waals surface area contributed by atoms with Gasteiger partial charge in [0.2, 0.25) is 0 Å². The quantitative estimate of drug-likeness (QED) is 0.413. The molecule has 0 spiro atoms. The first-order chi connectivity index (χ1) is 19.4. The van der Waals surface area contributed by atoms with Gasteiger partial charge in [0.15, 0.2) is 10.7 Å². The summed E-state index contributed by atoms with van der Waals surface area (Å²) in [4.78, 5) is 37.0. The molecule has 0 N–H and O–H groups in total. The molecule has 0 bridgehead atoms. The second-order valence-electron chi connectivity index (χ2n) is 9.44. The van der Waals surface area contributed by atoms with Gasteiger partial charge >= 0.3 is 0 Å². The van der Waals surface area contributed by atoms with Crippen LogP contribution in [0.5, 0.6) is 11.5 Å². The van der Waals surface area contributed by atoms with Crippen molar-refractivity contribution in [3.8, 4) is 11.5 Å². The van der Waals surface area contributed by atoms with Crippen LogP contribution >= 0.6 is 11.3 Å². The van der Waals surface area contributed by atoms with Crippen molar-refractivity contribution in [2.45, 2.75) is 26.8 Å². The number of hydrogen-bond donors (Lipinski definition) is 0. The molecule has 40 heavy (non-hydrogen) atoms. The molecule has 3 aromatic rings. The lowest BCUT2D eigenvalue weighted by molar-refractivity contribution is -0.127. The molecule has 1 unspecified atom stereocenters. The maximum atomic E-state index is 14.0. The molecule has 1 atom stereocenters. The summed E-state index contributed by atoms with van der Waals surface area (Å²) >= 11 is 1.26. The number of benzene rings is 1. The second-order valence-corrected chi connectivity index (χ2v) is 10.5. The summed E-state index contributed by atoms with van der Waals surface area (Å²) < 4.78 is 24.8. The Morgan fingerprint density at radius 3 is 2.58 bits per heavy atom. The number of thiazole rings is 1. The highest BCUT2D eigenvalue weighted by molar-refractivity contribution is 7.07. The number of fused-ring (bicyclic) bond motifs is 1. The number of carbonyl (C=O) groups is 1. The average Bonchev–Trinajstić information content (AvgIpc) is 3.57. The number of ether oxygens (including phenoxy) is 3. The predicted octanol–water partition coefficient (Wildman–Crippen LogP) is 2.55. The highest BCUT2D eigenvalue weighted by atomic mass is 32.1. The number of likely N-dealkylation sites (N-methyl/N-ethyl adjacent to an activating group) is 1. The van der Waals surface area contributed by atoms with Gasteiger partial charge in [-0.25, -0.2) is 4.99 Å². The molecule has 0 radical (unpaired) electrons. The fourth-order valence-corrected chi connectivity index (χ4v) is 6.15. The van der Waals surface area contributed by atoms with Crippen LogP contribution in [0, 0.1) is 0 Å². The standard InChI is InChI=1S/C29H34N4O6S/c1-6-31(7-2)28(35)25-18(3)30-29-33(26(25)21-16-19(36-4)8-10-22(21)37-5)27(34)23(40-29)17-20-9-11-24(39-20)32-12-14-38-15-13-32/h8-11,16-17,26H,6-7,12-15H2,1-5H3/b23-17+. The van der Waals surface area contributed by atoms with Gasteiger partial charge in [0.1, 0.15) is 23.3 Å². The highest BCUT2D eigenvalue weighted by Crippen LogP contribution is 2.38. The summed E-state index contributed by atoms with van der Waals surface area (Å²) in [6.07, 6.45) is 1.73. The van der Waals surface area contributed by atoms with Gasteiger partial charge in [-0.1, -0.05) is 11.3 Å². The third-order valence-corrected chi connectivity index (χ3v) is 8.23. The van der Waals surface area contributed by atoms with Crippen molar-refractivity contribution in [2.75, 3.05) is 58.5 Å². The smallest absolute Gasteiger partial charge is 0.271 e. The molecule has 1 aromatic carbocycles. The fraction of sp³-hybridized carbons (Fsp3) is 0.414. The topological polar surface area (TPSA) is 98.7 Å². The van der Waals surface area contributed by atoms with E-state index >= 15 is 0 Å². The maximum Gasteiger partial charge on any atom is 0.271 e. The molecule has 1 amide bonds. The van der Waals surface area contributed by atoms with Gasteiger partial charge < -0.3 is 28.4 Å². The van der Waals surface area contributed by atoms with E-state index in [0.717, 1.165) is 19.0 Å². The third kappa shape index (κ3) is 5.06. The number of carbonyl (C=O) groups excluding carboxylic acids is 1. The summed E-state index contributed by atoms with van der Waals surface area (Å²) in [5.41, 5.74) is 1.38. The van der Waals surface area contributed by atoms with E-state index in [1.54, 1.807) is 41.9 Å². The first-order valence-electron chi connectivity index (χ1n) is 13.4. The molecule has 4 heterocycles. The molecule has 2 aliphatic rings. The van der Waals surface area contributed by atoms with Gasteiger partial charge in [0.25, 0.3) is 11.5 Å². The molecular formula is C29H34N4O6S. The van der Waals surface area contributed by atoms with Crippen LogP contribution in [0.3, 0.4) is 0 Å². The van der Waals surface area contributed by atoms with Crippen LogP contribution in [-0.2, 0) is 9.53 Å². The van der Waals surface area contributed by atoms with Crippen molar-refractivity contribution in [1.29, 1.82) is 0 Å². The fourth-order valence-electron chi connectivity index (χ4n) is 5.13. The normalized spacial score (nSPS) is 17.5. The number of morpholine rings is 1. The molecule has 1 saturated heterocycles. The van der Waals surface area contributed by atoms with E-state index in [4.69, 9.17) is 23.6 Å². The zero-order valence-corrected chi connectivity index (χ0v) is 24.2. The summed E-state index contributed by atoms with van der Waals surface area (Å²) in [5, 5.41) is 0. The molecule has 5 rings (SSSR count). The number of anilines is 1. The van der Waals surface area contributed by atoms with Crippen molar-refractivity contribution in [2.24, 2.45) is 4.99 Å². The van der Waals surface area contributed by atoms with Crippen molar-refractivity contribution in [1.82, 2.24) is 9.47 Å². The Hall–Kier alpha value is -3.83. The Morgan fingerprint density at radius 1 is 1.15 bits per heavy atom. The Balaban J connectivity index is 1.68. The largest absolute Gasteiger partial charge is 0.497 e. The molecule has 0 aliphatic carbocycles. The summed E-state index contributed by atoms with van der Waals surface area (Å²) in [7, 11) is 3.15. The number of furan rings is 1.